The largest absolute Gasteiger partial charge is 0.302 e. The number of hydrogen-bond donors (Lipinski definition) is 0. The van der Waals surface area contributed by atoms with Gasteiger partial charge in [-0.2, -0.15) is 0 Å². The Bertz CT molecular complexity index is 538. The monoisotopic (exact) mass is 285 g/mol. The van der Waals surface area contributed by atoms with Gasteiger partial charge in [0.05, 0.1) is 11.2 Å². The van der Waals surface area contributed by atoms with E-state index in [0.717, 1.165) is 31.4 Å². The number of anilines is 1. The number of allylic oxidation sites excluding steroid dienone is 1. The molecular formula is C19H27NO. The van der Waals surface area contributed by atoms with Crippen molar-refractivity contribution in [1.29, 1.82) is 0 Å². The number of fused-ring (bicyclic) bond motifs is 1. The molecule has 0 radical (unpaired) electrons. The maximum absolute atomic E-state index is 12.7. The van der Waals surface area contributed by atoms with E-state index in [2.05, 4.69) is 49.9 Å². The van der Waals surface area contributed by atoms with Crippen LogP contribution in [-0.4, -0.2) is 11.4 Å². The van der Waals surface area contributed by atoms with Crippen molar-refractivity contribution in [2.75, 3.05) is 4.90 Å². The highest BCUT2D eigenvalue weighted by atomic mass is 16.2. The molecule has 1 aliphatic heterocycles. The molecule has 0 atom stereocenters. The van der Waals surface area contributed by atoms with Gasteiger partial charge in [-0.1, -0.05) is 57.9 Å². The third-order valence-corrected chi connectivity index (χ3v) is 4.42. The van der Waals surface area contributed by atoms with Crippen LogP contribution in [0.25, 0.3) is 5.57 Å². The molecule has 0 saturated carbocycles. The highest BCUT2D eigenvalue weighted by Crippen LogP contribution is 2.43. The molecule has 0 aromatic heterocycles. The van der Waals surface area contributed by atoms with Gasteiger partial charge >= 0.3 is 0 Å². The van der Waals surface area contributed by atoms with Gasteiger partial charge in [-0.25, -0.2) is 0 Å². The van der Waals surface area contributed by atoms with E-state index in [-0.39, 0.29) is 11.4 Å². The Hall–Kier alpha value is -1.57. The summed E-state index contributed by atoms with van der Waals surface area (Å²) in [6, 6.07) is 8.31. The van der Waals surface area contributed by atoms with E-state index in [1.165, 1.54) is 11.1 Å². The van der Waals surface area contributed by atoms with Crippen LogP contribution in [0.3, 0.4) is 0 Å². The third kappa shape index (κ3) is 2.76. The van der Waals surface area contributed by atoms with E-state index in [0.29, 0.717) is 6.42 Å². The molecule has 0 bridgehead atoms. The summed E-state index contributed by atoms with van der Waals surface area (Å²) in [5.74, 6) is 0.230. The zero-order chi connectivity index (χ0) is 15.5. The Kier molecular flexibility index (Phi) is 4.87. The lowest BCUT2D eigenvalue weighted by atomic mass is 9.79. The predicted molar refractivity (Wildman–Crippen MR) is 90.4 cm³/mol. The molecule has 0 spiro atoms. The smallest absolute Gasteiger partial charge is 0.227 e. The van der Waals surface area contributed by atoms with Gasteiger partial charge in [0.25, 0.3) is 0 Å². The van der Waals surface area contributed by atoms with Gasteiger partial charge in [0.15, 0.2) is 0 Å². The predicted octanol–water partition coefficient (Wildman–Crippen LogP) is 5.19. The Morgan fingerprint density at radius 2 is 1.71 bits per heavy atom. The van der Waals surface area contributed by atoms with E-state index in [1.54, 1.807) is 0 Å². The number of carbonyl (C=O) groups excluding carboxylic acids is 1. The van der Waals surface area contributed by atoms with E-state index in [4.69, 9.17) is 0 Å². The number of hydrogen-bond acceptors (Lipinski definition) is 1. The fourth-order valence-electron chi connectivity index (χ4n) is 3.69. The maximum Gasteiger partial charge on any atom is 0.227 e. The first-order valence-electron chi connectivity index (χ1n) is 8.21. The summed E-state index contributed by atoms with van der Waals surface area (Å²) in [5, 5.41) is 0. The van der Waals surface area contributed by atoms with Gasteiger partial charge in [0.1, 0.15) is 0 Å². The van der Waals surface area contributed by atoms with Crippen molar-refractivity contribution in [2.24, 2.45) is 0 Å². The summed E-state index contributed by atoms with van der Waals surface area (Å²) in [4.78, 5) is 14.8. The molecule has 1 aromatic rings. The highest BCUT2D eigenvalue weighted by Gasteiger charge is 2.40. The molecular weight excluding hydrogens is 258 g/mol. The lowest BCUT2D eigenvalue weighted by Crippen LogP contribution is -2.52. The molecule has 2 nitrogen and oxygen atoms in total. The Labute approximate surface area is 128 Å². The second-order valence-corrected chi connectivity index (χ2v) is 6.03. The Morgan fingerprint density at radius 3 is 2.29 bits per heavy atom. The molecule has 114 valence electrons. The minimum Gasteiger partial charge on any atom is -0.302 e. The van der Waals surface area contributed by atoms with Crippen LogP contribution in [-0.2, 0) is 4.79 Å². The molecule has 2 heteroatoms. The van der Waals surface area contributed by atoms with Crippen LogP contribution >= 0.6 is 0 Å². The average Bonchev–Trinajstić information content (AvgIpc) is 2.47. The van der Waals surface area contributed by atoms with E-state index < -0.39 is 0 Å². The SMILES string of the molecule is CCCC1(CCC)C=C(C)c2ccccc2N1C(=O)CC. The summed E-state index contributed by atoms with van der Waals surface area (Å²) in [6.07, 6.45) is 7.11. The average molecular weight is 285 g/mol. The van der Waals surface area contributed by atoms with Crippen molar-refractivity contribution in [3.8, 4) is 0 Å². The van der Waals surface area contributed by atoms with Gasteiger partial charge in [-0.3, -0.25) is 4.79 Å². The number of benzene rings is 1. The fourth-order valence-corrected chi connectivity index (χ4v) is 3.69. The molecule has 0 saturated heterocycles. The van der Waals surface area contributed by atoms with E-state index >= 15 is 0 Å². The molecule has 0 aliphatic carbocycles. The normalized spacial score (nSPS) is 16.4. The van der Waals surface area contributed by atoms with Gasteiger partial charge in [0.2, 0.25) is 5.91 Å². The number of nitrogens with zero attached hydrogens (tertiary/aromatic N) is 1. The Morgan fingerprint density at radius 1 is 1.10 bits per heavy atom. The van der Waals surface area contributed by atoms with Gasteiger partial charge in [0, 0.05) is 12.0 Å². The van der Waals surface area contributed by atoms with Crippen LogP contribution in [0.5, 0.6) is 0 Å². The number of para-hydroxylation sites is 1. The van der Waals surface area contributed by atoms with Crippen LogP contribution < -0.4 is 4.90 Å². The first kappa shape index (κ1) is 15.8. The highest BCUT2D eigenvalue weighted by molar-refractivity contribution is 6.00. The first-order chi connectivity index (χ1) is 10.1. The van der Waals surface area contributed by atoms with Crippen molar-refractivity contribution < 1.29 is 4.79 Å². The third-order valence-electron chi connectivity index (χ3n) is 4.42. The Balaban J connectivity index is 2.63. The molecule has 1 aliphatic rings. The molecule has 1 aromatic carbocycles. The zero-order valence-electron chi connectivity index (χ0n) is 13.8. The topological polar surface area (TPSA) is 20.3 Å². The lowest BCUT2D eigenvalue weighted by Gasteiger charge is -2.46. The second-order valence-electron chi connectivity index (χ2n) is 6.03. The second kappa shape index (κ2) is 6.46. The summed E-state index contributed by atoms with van der Waals surface area (Å²) in [6.45, 7) is 8.54. The van der Waals surface area contributed by atoms with Crippen LogP contribution in [0.4, 0.5) is 5.69 Å². The quantitative estimate of drug-likeness (QED) is 0.729. The molecule has 2 rings (SSSR count). The molecule has 0 fully saturated rings. The summed E-state index contributed by atoms with van der Waals surface area (Å²) >= 11 is 0. The van der Waals surface area contributed by atoms with Gasteiger partial charge < -0.3 is 4.90 Å². The van der Waals surface area contributed by atoms with Crippen molar-refractivity contribution in [1.82, 2.24) is 0 Å². The minimum absolute atomic E-state index is 0.144. The van der Waals surface area contributed by atoms with Crippen LogP contribution in [0.15, 0.2) is 30.3 Å². The van der Waals surface area contributed by atoms with Crippen molar-refractivity contribution in [2.45, 2.75) is 65.3 Å². The van der Waals surface area contributed by atoms with E-state index in [1.807, 2.05) is 13.0 Å². The standard InChI is InChI=1S/C19H27NO/c1-5-12-19(13-6-2)14-15(4)16-10-8-9-11-17(16)20(19)18(21)7-3/h8-11,14H,5-7,12-13H2,1-4H3. The lowest BCUT2D eigenvalue weighted by molar-refractivity contribution is -0.119. The molecule has 1 heterocycles. The number of amides is 1. The summed E-state index contributed by atoms with van der Waals surface area (Å²) in [5.41, 5.74) is 3.44. The molecule has 0 N–H and O–H groups in total. The maximum atomic E-state index is 12.7. The van der Waals surface area contributed by atoms with Crippen molar-refractivity contribution in [3.63, 3.8) is 0 Å². The summed E-state index contributed by atoms with van der Waals surface area (Å²) in [7, 11) is 0. The van der Waals surface area contributed by atoms with Crippen LogP contribution in [0.2, 0.25) is 0 Å². The van der Waals surface area contributed by atoms with Crippen LogP contribution in [0.1, 0.15) is 65.4 Å². The minimum atomic E-state index is -0.144. The van der Waals surface area contributed by atoms with Gasteiger partial charge in [-0.05, 0) is 31.4 Å². The first-order valence-corrected chi connectivity index (χ1v) is 8.21. The van der Waals surface area contributed by atoms with Crippen molar-refractivity contribution in [3.05, 3.63) is 35.9 Å². The summed E-state index contributed by atoms with van der Waals surface area (Å²) < 4.78 is 0. The fraction of sp³-hybridized carbons (Fsp3) is 0.526. The molecule has 21 heavy (non-hydrogen) atoms. The molecule has 0 unspecified atom stereocenters. The number of rotatable bonds is 5. The van der Waals surface area contributed by atoms with Gasteiger partial charge in [-0.15, -0.1) is 0 Å². The van der Waals surface area contributed by atoms with E-state index in [9.17, 15) is 4.79 Å². The zero-order valence-corrected chi connectivity index (χ0v) is 13.8. The van der Waals surface area contributed by atoms with Crippen molar-refractivity contribution >= 4 is 17.2 Å². The van der Waals surface area contributed by atoms with Crippen LogP contribution in [0, 0.1) is 0 Å². The number of carbonyl (C=O) groups is 1. The molecule has 1 amide bonds.